The maximum atomic E-state index is 12.6. The molecule has 0 spiro atoms. The third kappa shape index (κ3) is 9.79. The minimum atomic E-state index is -4.48. The van der Waals surface area contributed by atoms with Gasteiger partial charge in [0.2, 0.25) is 5.95 Å². The Kier molecular flexibility index (Phi) is 11.5. The molecule has 1 aromatic rings. The molecule has 0 radical (unpaired) electrons. The topological polar surface area (TPSA) is 77.5 Å². The average Bonchev–Trinajstić information content (AvgIpc) is 2.67. The minimum absolute atomic E-state index is 0. The Morgan fingerprint density at radius 1 is 1.21 bits per heavy atom. The summed E-state index contributed by atoms with van der Waals surface area (Å²) in [6, 6.07) is 0.847. The van der Waals surface area contributed by atoms with Crippen LogP contribution in [0, 0.1) is 5.92 Å². The Bertz CT molecular complexity index is 620. The van der Waals surface area contributed by atoms with Crippen LogP contribution in [-0.4, -0.2) is 67.1 Å². The zero-order valence-corrected chi connectivity index (χ0v) is 19.3. The van der Waals surface area contributed by atoms with Crippen LogP contribution in [0.2, 0.25) is 0 Å². The van der Waals surface area contributed by atoms with Gasteiger partial charge in [0.15, 0.2) is 5.96 Å². The van der Waals surface area contributed by atoms with Gasteiger partial charge in [-0.2, -0.15) is 13.2 Å². The molecule has 2 rings (SSSR count). The summed E-state index contributed by atoms with van der Waals surface area (Å²) in [5, 5.41) is 9.14. The van der Waals surface area contributed by atoms with E-state index in [1.165, 1.54) is 25.9 Å². The molecule has 11 heteroatoms. The molecule has 29 heavy (non-hydrogen) atoms. The molecular formula is C18H31F3IN7. The first-order valence-electron chi connectivity index (χ1n) is 9.69. The van der Waals surface area contributed by atoms with Gasteiger partial charge in [-0.1, -0.05) is 6.92 Å². The number of aliphatic imine (C=N–C) groups is 1. The lowest BCUT2D eigenvalue weighted by Gasteiger charge is -2.30. The fraction of sp³-hybridized carbons (Fsp3) is 0.722. The van der Waals surface area contributed by atoms with E-state index in [1.807, 2.05) is 0 Å². The van der Waals surface area contributed by atoms with Crippen LogP contribution in [0.15, 0.2) is 17.3 Å². The highest BCUT2D eigenvalue weighted by molar-refractivity contribution is 14.0. The number of guanidine groups is 1. The van der Waals surface area contributed by atoms with Gasteiger partial charge in [0.05, 0.1) is 0 Å². The second-order valence-electron chi connectivity index (χ2n) is 6.99. The third-order valence-corrected chi connectivity index (χ3v) is 4.69. The Hall–Kier alpha value is -1.37. The summed E-state index contributed by atoms with van der Waals surface area (Å²) in [6.45, 7) is 7.40. The van der Waals surface area contributed by atoms with Gasteiger partial charge in [0, 0.05) is 32.9 Å². The van der Waals surface area contributed by atoms with Gasteiger partial charge in [-0.3, -0.25) is 4.99 Å². The first-order valence-corrected chi connectivity index (χ1v) is 9.69. The van der Waals surface area contributed by atoms with Crippen molar-refractivity contribution in [1.29, 1.82) is 0 Å². The molecule has 0 aliphatic carbocycles. The lowest BCUT2D eigenvalue weighted by Crippen LogP contribution is -2.41. The highest BCUT2D eigenvalue weighted by Gasteiger charge is 2.32. The number of hydrogen-bond acceptors (Lipinski definition) is 5. The fourth-order valence-electron chi connectivity index (χ4n) is 2.97. The van der Waals surface area contributed by atoms with Crippen molar-refractivity contribution >= 4 is 35.9 Å². The third-order valence-electron chi connectivity index (χ3n) is 4.69. The number of halogens is 4. The molecule has 2 heterocycles. The van der Waals surface area contributed by atoms with Crippen molar-refractivity contribution in [3.05, 3.63) is 18.0 Å². The lowest BCUT2D eigenvalue weighted by atomic mass is 9.99. The lowest BCUT2D eigenvalue weighted by molar-refractivity contribution is -0.141. The molecular weight excluding hydrogens is 498 g/mol. The number of hydrogen-bond donors (Lipinski definition) is 3. The molecule has 1 aliphatic heterocycles. The summed E-state index contributed by atoms with van der Waals surface area (Å²) >= 11 is 0. The average molecular weight is 529 g/mol. The van der Waals surface area contributed by atoms with Crippen LogP contribution in [-0.2, 0) is 6.18 Å². The number of likely N-dealkylation sites (tertiary alicyclic amines) is 1. The molecule has 0 aromatic carbocycles. The van der Waals surface area contributed by atoms with E-state index in [-0.39, 0.29) is 29.9 Å². The molecule has 0 saturated carbocycles. The standard InChI is InChI=1S/C18H30F3N7.HI/c1-14-5-12-28(13-6-14)11-3-7-23-16(22-2)25-9-10-26-17-24-8-4-15(27-17)18(19,20)21;/h4,8,14H,3,5-7,9-13H2,1-2H3,(H2,22,23,25)(H,24,26,27);1H. The number of aromatic nitrogens is 2. The second-order valence-corrected chi connectivity index (χ2v) is 6.99. The van der Waals surface area contributed by atoms with Crippen molar-refractivity contribution in [3.63, 3.8) is 0 Å². The van der Waals surface area contributed by atoms with Crippen molar-refractivity contribution in [3.8, 4) is 0 Å². The number of nitrogens with one attached hydrogen (secondary N) is 3. The fourth-order valence-corrected chi connectivity index (χ4v) is 2.97. The van der Waals surface area contributed by atoms with Crippen LogP contribution in [0.5, 0.6) is 0 Å². The Labute approximate surface area is 187 Å². The van der Waals surface area contributed by atoms with Crippen molar-refractivity contribution in [2.24, 2.45) is 10.9 Å². The molecule has 1 fully saturated rings. The molecule has 0 amide bonds. The summed E-state index contributed by atoms with van der Waals surface area (Å²) in [5.74, 6) is 1.46. The van der Waals surface area contributed by atoms with Crippen LogP contribution < -0.4 is 16.0 Å². The molecule has 1 saturated heterocycles. The quantitative estimate of drug-likeness (QED) is 0.208. The Morgan fingerprint density at radius 3 is 2.55 bits per heavy atom. The first kappa shape index (κ1) is 25.7. The van der Waals surface area contributed by atoms with Crippen molar-refractivity contribution in [1.82, 2.24) is 25.5 Å². The van der Waals surface area contributed by atoms with Gasteiger partial charge < -0.3 is 20.9 Å². The van der Waals surface area contributed by atoms with Crippen LogP contribution in [0.1, 0.15) is 31.9 Å². The van der Waals surface area contributed by atoms with Crippen LogP contribution in [0.3, 0.4) is 0 Å². The van der Waals surface area contributed by atoms with E-state index >= 15 is 0 Å². The molecule has 1 aliphatic rings. The van der Waals surface area contributed by atoms with E-state index < -0.39 is 11.9 Å². The van der Waals surface area contributed by atoms with E-state index in [9.17, 15) is 13.2 Å². The van der Waals surface area contributed by atoms with Crippen molar-refractivity contribution in [2.45, 2.75) is 32.4 Å². The predicted octanol–water partition coefficient (Wildman–Crippen LogP) is 2.81. The molecule has 0 bridgehead atoms. The summed E-state index contributed by atoms with van der Waals surface area (Å²) in [5.41, 5.74) is -0.960. The van der Waals surface area contributed by atoms with Gasteiger partial charge >= 0.3 is 6.18 Å². The van der Waals surface area contributed by atoms with Gasteiger partial charge in [-0.25, -0.2) is 9.97 Å². The van der Waals surface area contributed by atoms with E-state index in [4.69, 9.17) is 0 Å². The summed E-state index contributed by atoms with van der Waals surface area (Å²) in [4.78, 5) is 13.9. The van der Waals surface area contributed by atoms with E-state index in [0.717, 1.165) is 37.7 Å². The van der Waals surface area contributed by atoms with Crippen LogP contribution >= 0.6 is 24.0 Å². The zero-order chi connectivity index (χ0) is 20.4. The molecule has 7 nitrogen and oxygen atoms in total. The van der Waals surface area contributed by atoms with E-state index in [2.05, 4.69) is 42.7 Å². The largest absolute Gasteiger partial charge is 0.433 e. The zero-order valence-electron chi connectivity index (χ0n) is 16.9. The maximum Gasteiger partial charge on any atom is 0.433 e. The van der Waals surface area contributed by atoms with E-state index in [0.29, 0.717) is 19.0 Å². The maximum absolute atomic E-state index is 12.6. The SMILES string of the molecule is CN=C(NCCCN1CCC(C)CC1)NCCNc1nccc(C(F)(F)F)n1.I. The molecule has 166 valence electrons. The highest BCUT2D eigenvalue weighted by Crippen LogP contribution is 2.27. The van der Waals surface area contributed by atoms with Crippen molar-refractivity contribution in [2.75, 3.05) is 51.6 Å². The predicted molar refractivity (Wildman–Crippen MR) is 120 cm³/mol. The molecule has 0 atom stereocenters. The van der Waals surface area contributed by atoms with Crippen LogP contribution in [0.4, 0.5) is 19.1 Å². The number of rotatable bonds is 8. The molecule has 1 aromatic heterocycles. The second kappa shape index (κ2) is 13.0. The number of piperidine rings is 1. The normalized spacial score (nSPS) is 16.2. The molecule has 0 unspecified atom stereocenters. The summed E-state index contributed by atoms with van der Waals surface area (Å²) < 4.78 is 37.9. The van der Waals surface area contributed by atoms with Gasteiger partial charge in [-0.05, 0) is 50.9 Å². The number of alkyl halides is 3. The smallest absolute Gasteiger partial charge is 0.356 e. The highest BCUT2D eigenvalue weighted by atomic mass is 127. The van der Waals surface area contributed by atoms with Gasteiger partial charge in [0.25, 0.3) is 0 Å². The minimum Gasteiger partial charge on any atom is -0.356 e. The first-order chi connectivity index (χ1) is 13.4. The summed E-state index contributed by atoms with van der Waals surface area (Å²) in [7, 11) is 1.69. The number of nitrogens with zero attached hydrogens (tertiary/aromatic N) is 4. The monoisotopic (exact) mass is 529 g/mol. The van der Waals surface area contributed by atoms with Crippen LogP contribution in [0.25, 0.3) is 0 Å². The molecule has 3 N–H and O–H groups in total. The number of anilines is 1. The Morgan fingerprint density at radius 2 is 1.90 bits per heavy atom. The van der Waals surface area contributed by atoms with Crippen molar-refractivity contribution < 1.29 is 13.2 Å². The summed E-state index contributed by atoms with van der Waals surface area (Å²) in [6.07, 6.45) is 0.203. The van der Waals surface area contributed by atoms with E-state index in [1.54, 1.807) is 7.05 Å². The van der Waals surface area contributed by atoms with Gasteiger partial charge in [-0.15, -0.1) is 24.0 Å². The van der Waals surface area contributed by atoms with Gasteiger partial charge in [0.1, 0.15) is 5.69 Å². The Balaban J connectivity index is 0.00000420.